The van der Waals surface area contributed by atoms with Crippen molar-refractivity contribution < 1.29 is 51.0 Å². The summed E-state index contributed by atoms with van der Waals surface area (Å²) in [6.07, 6.45) is 9.19. The number of fused-ring (bicyclic) bond motifs is 3. The number of nitrogens with one attached hydrogen (secondary N) is 2. The van der Waals surface area contributed by atoms with Gasteiger partial charge in [0.25, 0.3) is 5.91 Å². The van der Waals surface area contributed by atoms with Crippen LogP contribution in [0.1, 0.15) is 101 Å². The van der Waals surface area contributed by atoms with Gasteiger partial charge in [0.15, 0.2) is 0 Å². The van der Waals surface area contributed by atoms with E-state index in [2.05, 4.69) is 10.0 Å². The highest BCUT2D eigenvalue weighted by Crippen LogP contribution is 2.48. The van der Waals surface area contributed by atoms with E-state index in [1.54, 1.807) is 12.1 Å². The molecule has 4 fully saturated rings. The third-order valence-electron chi connectivity index (χ3n) is 12.2. The van der Waals surface area contributed by atoms with Crippen LogP contribution in [0.5, 0.6) is 0 Å². The number of ether oxygens (including phenoxy) is 3. The highest BCUT2D eigenvalue weighted by molar-refractivity contribution is 7.91. The van der Waals surface area contributed by atoms with Crippen LogP contribution in [-0.4, -0.2) is 96.8 Å². The van der Waals surface area contributed by atoms with Crippen molar-refractivity contribution in [3.63, 3.8) is 0 Å². The van der Waals surface area contributed by atoms with Gasteiger partial charge in [-0.2, -0.15) is 0 Å². The van der Waals surface area contributed by atoms with E-state index in [9.17, 15) is 36.8 Å². The number of rotatable bonds is 9. The molecular formula is C39H51FN4O10S. The minimum absolute atomic E-state index is 0.00636. The van der Waals surface area contributed by atoms with Crippen LogP contribution in [0.15, 0.2) is 30.4 Å². The lowest BCUT2D eigenvalue weighted by atomic mass is 9.95. The molecule has 3 aliphatic heterocycles. The van der Waals surface area contributed by atoms with Crippen molar-refractivity contribution in [2.24, 2.45) is 11.8 Å². The molecule has 2 N–H and O–H groups in total. The van der Waals surface area contributed by atoms with E-state index in [0.29, 0.717) is 43.2 Å². The van der Waals surface area contributed by atoms with Gasteiger partial charge in [0.1, 0.15) is 34.4 Å². The number of hydrogen-bond acceptors (Lipinski definition) is 10. The first-order valence-electron chi connectivity index (χ1n) is 19.6. The number of carbonyl (C=O) groups excluding carboxylic acids is 5. The molecule has 3 saturated carbocycles. The molecule has 0 unspecified atom stereocenters. The number of halogens is 1. The van der Waals surface area contributed by atoms with Gasteiger partial charge in [-0.1, -0.05) is 37.1 Å². The Hall–Kier alpha value is -4.05. The number of benzene rings is 1. The Kier molecular flexibility index (Phi) is 11.3. The van der Waals surface area contributed by atoms with Crippen LogP contribution in [-0.2, 0) is 56.5 Å². The summed E-state index contributed by atoms with van der Waals surface area (Å²) in [5.41, 5.74) is -0.538. The van der Waals surface area contributed by atoms with Gasteiger partial charge in [-0.05, 0) is 75.8 Å². The maximum absolute atomic E-state index is 14.5. The normalized spacial score (nSPS) is 29.9. The number of methoxy groups -OCH3 is 1. The van der Waals surface area contributed by atoms with Crippen LogP contribution >= 0.6 is 0 Å². The lowest BCUT2D eigenvalue weighted by Crippen LogP contribution is -2.58. The van der Waals surface area contributed by atoms with Gasteiger partial charge in [0.05, 0.1) is 26.1 Å². The summed E-state index contributed by atoms with van der Waals surface area (Å²) in [5.74, 6) is -4.24. The predicted molar refractivity (Wildman–Crippen MR) is 195 cm³/mol. The number of nitrogens with zero attached hydrogens (tertiary/aromatic N) is 2. The van der Waals surface area contributed by atoms with E-state index >= 15 is 0 Å². The number of amides is 4. The molecule has 1 saturated heterocycles. The second-order valence-electron chi connectivity index (χ2n) is 16.2. The van der Waals surface area contributed by atoms with Crippen molar-refractivity contribution in [3.05, 3.63) is 47.3 Å². The fraction of sp³-hybridized carbons (Fsp3) is 0.667. The molecule has 4 amide bonds. The van der Waals surface area contributed by atoms with Crippen LogP contribution < -0.4 is 10.0 Å². The molecule has 16 heteroatoms. The summed E-state index contributed by atoms with van der Waals surface area (Å²) in [6.45, 7) is -0.0856. The molecule has 1 aromatic carbocycles. The molecule has 7 rings (SSSR count). The zero-order valence-corrected chi connectivity index (χ0v) is 32.1. The molecule has 3 aliphatic carbocycles. The molecule has 6 aliphatic rings. The first-order chi connectivity index (χ1) is 26.3. The molecule has 0 bridgehead atoms. The smallest absolute Gasteiger partial charge is 0.410 e. The van der Waals surface area contributed by atoms with Gasteiger partial charge in [-0.3, -0.25) is 28.8 Å². The van der Waals surface area contributed by atoms with Crippen LogP contribution in [0.4, 0.5) is 9.18 Å². The van der Waals surface area contributed by atoms with Crippen molar-refractivity contribution in [2.45, 2.75) is 132 Å². The SMILES string of the molecule is COCC1(S(=O)(=O)NC(=O)[C@@]23C[C@H]2/C=C\CCCCC[C@H](CC(=O)OC2CCCC2)C(=O)N2C[C@H](OC(=O)N4Cc5cccc(F)c5C4)C[C@H]2C(=O)N3)CC1. The number of allylic oxidation sites excluding steroid dienone is 1. The fourth-order valence-corrected chi connectivity index (χ4v) is 10.2. The molecule has 55 heavy (non-hydrogen) atoms. The van der Waals surface area contributed by atoms with E-state index in [1.165, 1.54) is 23.0 Å². The average Bonchev–Trinajstić information content (AvgIpc) is 3.81. The van der Waals surface area contributed by atoms with E-state index in [1.807, 2.05) is 12.2 Å². The van der Waals surface area contributed by atoms with Gasteiger partial charge >= 0.3 is 12.1 Å². The second-order valence-corrected chi connectivity index (χ2v) is 18.2. The average molecular weight is 787 g/mol. The number of carbonyl (C=O) groups is 5. The third kappa shape index (κ3) is 8.25. The lowest BCUT2D eigenvalue weighted by molar-refractivity contribution is -0.154. The molecule has 3 heterocycles. The minimum Gasteiger partial charge on any atom is -0.462 e. The molecular weight excluding hydrogens is 736 g/mol. The Morgan fingerprint density at radius 2 is 1.76 bits per heavy atom. The van der Waals surface area contributed by atoms with Crippen LogP contribution in [0.25, 0.3) is 0 Å². The summed E-state index contributed by atoms with van der Waals surface area (Å²) < 4.78 is 59.0. The molecule has 300 valence electrons. The van der Waals surface area contributed by atoms with E-state index in [0.717, 1.165) is 38.5 Å². The highest BCUT2D eigenvalue weighted by atomic mass is 32.2. The number of sulfonamides is 1. The number of hydrogen-bond donors (Lipinski definition) is 2. The van der Waals surface area contributed by atoms with Crippen molar-refractivity contribution in [1.82, 2.24) is 19.8 Å². The minimum atomic E-state index is -4.16. The Morgan fingerprint density at radius 1 is 1.00 bits per heavy atom. The van der Waals surface area contributed by atoms with E-state index in [4.69, 9.17) is 14.2 Å². The van der Waals surface area contributed by atoms with Crippen molar-refractivity contribution in [3.8, 4) is 0 Å². The first kappa shape index (κ1) is 39.2. The summed E-state index contributed by atoms with van der Waals surface area (Å²) in [5, 5.41) is 2.83. The van der Waals surface area contributed by atoms with Crippen molar-refractivity contribution in [2.75, 3.05) is 20.3 Å². The lowest BCUT2D eigenvalue weighted by Gasteiger charge is -2.29. The zero-order chi connectivity index (χ0) is 39.0. The zero-order valence-electron chi connectivity index (χ0n) is 31.3. The number of esters is 1. The molecule has 0 spiro atoms. The largest absolute Gasteiger partial charge is 0.462 e. The molecule has 0 radical (unpaired) electrons. The molecule has 0 aromatic heterocycles. The van der Waals surface area contributed by atoms with Crippen LogP contribution in [0, 0.1) is 17.7 Å². The summed E-state index contributed by atoms with van der Waals surface area (Å²) in [6, 6.07) is 3.43. The van der Waals surface area contributed by atoms with E-state index < -0.39 is 79.9 Å². The maximum Gasteiger partial charge on any atom is 0.410 e. The van der Waals surface area contributed by atoms with Crippen molar-refractivity contribution >= 4 is 39.8 Å². The standard InChI is InChI=1S/C39H51FN4O10S/c1-52-24-38(16-17-38)55(50,51)42-36(48)39-20-27(39)12-6-4-2-3-5-10-25(18-33(45)53-28-13-7-8-14-28)35(47)44-22-29(19-32(44)34(46)41-39)54-37(49)43-21-26-11-9-15-31(40)30(26)23-43/h6,9,11-12,15,25,27-29,32H,2-5,7-8,10,13-14,16-24H2,1H3,(H,41,46)(H,42,48)/b12-6-/t25-,27-,29-,32+,39-/m1/s1. The van der Waals surface area contributed by atoms with Gasteiger partial charge in [-0.15, -0.1) is 0 Å². The Labute approximate surface area is 320 Å². The summed E-state index contributed by atoms with van der Waals surface area (Å²) in [4.78, 5) is 72.1. The molecule has 5 atom stereocenters. The third-order valence-corrected chi connectivity index (χ3v) is 14.4. The maximum atomic E-state index is 14.5. The Morgan fingerprint density at radius 3 is 2.49 bits per heavy atom. The van der Waals surface area contributed by atoms with Crippen molar-refractivity contribution in [1.29, 1.82) is 0 Å². The Bertz CT molecular complexity index is 1830. The van der Waals surface area contributed by atoms with Gasteiger partial charge < -0.3 is 24.4 Å². The fourth-order valence-electron chi connectivity index (χ4n) is 8.68. The van der Waals surface area contributed by atoms with Crippen LogP contribution in [0.2, 0.25) is 0 Å². The predicted octanol–water partition coefficient (Wildman–Crippen LogP) is 3.76. The Balaban J connectivity index is 1.13. The molecule has 14 nitrogen and oxygen atoms in total. The van der Waals surface area contributed by atoms with Crippen LogP contribution in [0.3, 0.4) is 0 Å². The topological polar surface area (TPSA) is 178 Å². The first-order valence-corrected chi connectivity index (χ1v) is 21.1. The van der Waals surface area contributed by atoms with Gasteiger partial charge in [0.2, 0.25) is 21.8 Å². The second kappa shape index (κ2) is 15.8. The summed E-state index contributed by atoms with van der Waals surface area (Å²) >= 11 is 0. The molecule has 1 aromatic rings. The van der Waals surface area contributed by atoms with Gasteiger partial charge in [-0.25, -0.2) is 17.6 Å². The monoisotopic (exact) mass is 786 g/mol. The van der Waals surface area contributed by atoms with E-state index in [-0.39, 0.29) is 51.6 Å². The quantitative estimate of drug-likeness (QED) is 0.277. The summed E-state index contributed by atoms with van der Waals surface area (Å²) in [7, 11) is -2.76. The van der Waals surface area contributed by atoms with Gasteiger partial charge in [0, 0.05) is 37.5 Å². The highest BCUT2D eigenvalue weighted by Gasteiger charge is 2.64.